The van der Waals surface area contributed by atoms with Crippen LogP contribution in [0.1, 0.15) is 50.6 Å². The highest BCUT2D eigenvalue weighted by atomic mass is 32.2. The quantitative estimate of drug-likeness (QED) is 0.262. The normalized spacial score (nSPS) is 18.7. The van der Waals surface area contributed by atoms with Crippen molar-refractivity contribution >= 4 is 27.4 Å². The Morgan fingerprint density at radius 1 is 1.03 bits per heavy atom. The van der Waals surface area contributed by atoms with Gasteiger partial charge in [-0.05, 0) is 55.7 Å². The van der Waals surface area contributed by atoms with Crippen LogP contribution in [0.2, 0.25) is 0 Å². The van der Waals surface area contributed by atoms with Crippen molar-refractivity contribution in [1.29, 1.82) is 0 Å². The fourth-order valence-corrected chi connectivity index (χ4v) is 5.61. The third-order valence-corrected chi connectivity index (χ3v) is 7.82. The number of nitrogens with one attached hydrogen (secondary N) is 3. The van der Waals surface area contributed by atoms with Gasteiger partial charge in [-0.2, -0.15) is 13.2 Å². The van der Waals surface area contributed by atoms with E-state index < -0.39 is 68.9 Å². The van der Waals surface area contributed by atoms with Gasteiger partial charge in [0.2, 0.25) is 11.7 Å². The number of halogens is 4. The summed E-state index contributed by atoms with van der Waals surface area (Å²) >= 11 is 0. The van der Waals surface area contributed by atoms with E-state index in [9.17, 15) is 40.4 Å². The third kappa shape index (κ3) is 8.26. The van der Waals surface area contributed by atoms with Crippen molar-refractivity contribution in [2.45, 2.75) is 69.4 Å². The predicted octanol–water partition coefficient (Wildman–Crippen LogP) is 1.95. The van der Waals surface area contributed by atoms with Gasteiger partial charge in [-0.15, -0.1) is 0 Å². The van der Waals surface area contributed by atoms with Crippen molar-refractivity contribution in [3.63, 3.8) is 0 Å². The summed E-state index contributed by atoms with van der Waals surface area (Å²) in [4.78, 5) is 37.7. The molecule has 0 spiro atoms. The number of Topliss-reactive ketones (excluding diaryl/α,β-unsaturated/α-hetero) is 1. The number of carbonyl (C=O) groups excluding carboxylic acids is 3. The summed E-state index contributed by atoms with van der Waals surface area (Å²) in [6.45, 7) is 1.50. The second-order valence-electron chi connectivity index (χ2n) is 9.35. The van der Waals surface area contributed by atoms with Crippen LogP contribution in [0, 0.1) is 11.7 Å². The first-order valence-corrected chi connectivity index (χ1v) is 13.5. The van der Waals surface area contributed by atoms with Gasteiger partial charge in [-0.25, -0.2) is 12.8 Å². The number of alkyl halides is 3. The average Bonchev–Trinajstić information content (AvgIpc) is 3.72. The van der Waals surface area contributed by atoms with Crippen LogP contribution in [-0.4, -0.2) is 61.8 Å². The molecule has 13 heteroatoms. The van der Waals surface area contributed by atoms with Crippen LogP contribution in [0.3, 0.4) is 0 Å². The fourth-order valence-electron chi connectivity index (χ4n) is 3.67. The smallest absolute Gasteiger partial charge is 0.347 e. The Kier molecular flexibility index (Phi) is 8.75. The van der Waals surface area contributed by atoms with Crippen LogP contribution in [0.5, 0.6) is 0 Å². The van der Waals surface area contributed by atoms with Gasteiger partial charge in [0.1, 0.15) is 17.9 Å². The Labute approximate surface area is 206 Å². The molecule has 200 valence electrons. The molecule has 2 fully saturated rings. The number of carbonyl (C=O) groups is 3. The molecule has 2 aliphatic rings. The summed E-state index contributed by atoms with van der Waals surface area (Å²) in [5.74, 6) is -5.14. The summed E-state index contributed by atoms with van der Waals surface area (Å²) in [5.41, 5.74) is -0.423. The minimum absolute atomic E-state index is 0.0368. The predicted molar refractivity (Wildman–Crippen MR) is 122 cm³/mol. The zero-order chi connectivity index (χ0) is 26.7. The second kappa shape index (κ2) is 11.2. The Bertz CT molecular complexity index is 1070. The number of amides is 2. The van der Waals surface area contributed by atoms with E-state index in [1.165, 1.54) is 6.92 Å². The lowest BCUT2D eigenvalue weighted by atomic mass is 10.0. The lowest BCUT2D eigenvalue weighted by Crippen LogP contribution is -2.56. The van der Waals surface area contributed by atoms with Crippen LogP contribution < -0.4 is 16.0 Å². The Morgan fingerprint density at radius 3 is 2.14 bits per heavy atom. The van der Waals surface area contributed by atoms with Gasteiger partial charge in [0.15, 0.2) is 9.84 Å². The van der Waals surface area contributed by atoms with Crippen LogP contribution >= 0.6 is 0 Å². The van der Waals surface area contributed by atoms with Crippen molar-refractivity contribution in [1.82, 2.24) is 16.0 Å². The standard InChI is InChI=1S/C23H29F4N3O5S/c1-2-17(19(31)22(33)28-16-9-10-16)30-21(32)18(12-36(34,35)11-13-3-4-13)29-20(23(25,26)27)14-5-7-15(24)8-6-14/h5-8,13,16-18,20,29H,2-4,9-12H2,1H3,(H,28,33)(H,30,32)/t17-,18-,20-/m1/s1. The molecule has 36 heavy (non-hydrogen) atoms. The van der Waals surface area contributed by atoms with Gasteiger partial charge in [0.05, 0.1) is 17.5 Å². The van der Waals surface area contributed by atoms with Gasteiger partial charge < -0.3 is 10.6 Å². The van der Waals surface area contributed by atoms with E-state index in [0.29, 0.717) is 12.8 Å². The van der Waals surface area contributed by atoms with Crippen LogP contribution in [0.25, 0.3) is 0 Å². The maximum Gasteiger partial charge on any atom is 0.407 e. The molecule has 1 aromatic carbocycles. The lowest BCUT2D eigenvalue weighted by molar-refractivity contribution is -0.160. The molecular formula is C23H29F4N3O5S. The molecule has 2 saturated carbocycles. The third-order valence-electron chi connectivity index (χ3n) is 6.00. The van der Waals surface area contributed by atoms with E-state index in [1.807, 2.05) is 0 Å². The van der Waals surface area contributed by atoms with Gasteiger partial charge in [-0.1, -0.05) is 19.1 Å². The molecule has 3 N–H and O–H groups in total. The Morgan fingerprint density at radius 2 is 1.64 bits per heavy atom. The highest BCUT2D eigenvalue weighted by molar-refractivity contribution is 7.91. The SMILES string of the molecule is CC[C@@H](NC(=O)[C@@H](CS(=O)(=O)CC1CC1)N[C@H](c1ccc(F)cc1)C(F)(F)F)C(=O)C(=O)NC1CC1. The van der Waals surface area contributed by atoms with Crippen LogP contribution in [0.15, 0.2) is 24.3 Å². The summed E-state index contributed by atoms with van der Waals surface area (Å²) in [6, 6.07) is -2.44. The van der Waals surface area contributed by atoms with E-state index in [-0.39, 0.29) is 24.1 Å². The molecule has 3 rings (SSSR count). The van der Waals surface area contributed by atoms with E-state index in [4.69, 9.17) is 0 Å². The minimum atomic E-state index is -4.96. The largest absolute Gasteiger partial charge is 0.407 e. The van der Waals surface area contributed by atoms with Gasteiger partial charge in [0.25, 0.3) is 5.91 Å². The van der Waals surface area contributed by atoms with E-state index in [0.717, 1.165) is 37.1 Å². The van der Waals surface area contributed by atoms with Crippen LogP contribution in [0.4, 0.5) is 17.6 Å². The molecule has 1 aromatic rings. The molecule has 0 aromatic heterocycles. The summed E-state index contributed by atoms with van der Waals surface area (Å²) < 4.78 is 80.4. The number of ketones is 1. The molecule has 0 radical (unpaired) electrons. The second-order valence-corrected chi connectivity index (χ2v) is 11.5. The van der Waals surface area contributed by atoms with E-state index in [2.05, 4.69) is 16.0 Å². The highest BCUT2D eigenvalue weighted by Crippen LogP contribution is 2.34. The molecular weight excluding hydrogens is 506 g/mol. The van der Waals surface area contributed by atoms with Crippen LogP contribution in [-0.2, 0) is 24.2 Å². The molecule has 0 saturated heterocycles. The summed E-state index contributed by atoms with van der Waals surface area (Å²) in [5, 5.41) is 6.80. The van der Waals surface area contributed by atoms with Crippen molar-refractivity contribution in [2.75, 3.05) is 11.5 Å². The molecule has 0 heterocycles. The minimum Gasteiger partial charge on any atom is -0.347 e. The summed E-state index contributed by atoms with van der Waals surface area (Å²) in [7, 11) is -3.94. The molecule has 2 amide bonds. The first kappa shape index (κ1) is 28.0. The number of sulfone groups is 1. The number of benzene rings is 1. The van der Waals surface area contributed by atoms with Crippen molar-refractivity contribution in [2.24, 2.45) is 5.92 Å². The monoisotopic (exact) mass is 535 g/mol. The Balaban J connectivity index is 1.82. The zero-order valence-corrected chi connectivity index (χ0v) is 20.4. The molecule has 3 atom stereocenters. The maximum atomic E-state index is 13.9. The van der Waals surface area contributed by atoms with Gasteiger partial charge in [-0.3, -0.25) is 19.7 Å². The summed E-state index contributed by atoms with van der Waals surface area (Å²) in [6.07, 6.45) is -2.21. The topological polar surface area (TPSA) is 121 Å². The first-order chi connectivity index (χ1) is 16.8. The highest BCUT2D eigenvalue weighted by Gasteiger charge is 2.44. The van der Waals surface area contributed by atoms with Crippen molar-refractivity contribution < 1.29 is 40.4 Å². The number of hydrogen-bond donors (Lipinski definition) is 3. The van der Waals surface area contributed by atoms with Crippen molar-refractivity contribution in [3.05, 3.63) is 35.6 Å². The average molecular weight is 536 g/mol. The zero-order valence-electron chi connectivity index (χ0n) is 19.6. The number of rotatable bonds is 13. The van der Waals surface area contributed by atoms with Gasteiger partial charge in [0, 0.05) is 6.04 Å². The lowest BCUT2D eigenvalue weighted by Gasteiger charge is -2.28. The van der Waals surface area contributed by atoms with E-state index in [1.54, 1.807) is 0 Å². The number of hydrogen-bond acceptors (Lipinski definition) is 6. The maximum absolute atomic E-state index is 13.9. The van der Waals surface area contributed by atoms with E-state index >= 15 is 0 Å². The molecule has 0 bridgehead atoms. The molecule has 0 unspecified atom stereocenters. The van der Waals surface area contributed by atoms with Gasteiger partial charge >= 0.3 is 6.18 Å². The fraction of sp³-hybridized carbons (Fsp3) is 0.609. The molecule has 0 aliphatic heterocycles. The first-order valence-electron chi connectivity index (χ1n) is 11.7. The molecule has 8 nitrogen and oxygen atoms in total. The Hall–Kier alpha value is -2.54. The van der Waals surface area contributed by atoms with Crippen molar-refractivity contribution in [3.8, 4) is 0 Å². The molecule has 2 aliphatic carbocycles.